The number of hydrogen-bond acceptors (Lipinski definition) is 4. The minimum atomic E-state index is -3.08. The first-order valence-corrected chi connectivity index (χ1v) is 6.42. The molecular formula is C8H17NO4S. The average molecular weight is 223 g/mol. The summed E-state index contributed by atoms with van der Waals surface area (Å²) in [5.41, 5.74) is 4.69. The van der Waals surface area contributed by atoms with Crippen molar-refractivity contribution < 1.29 is 17.9 Å². The summed E-state index contributed by atoms with van der Waals surface area (Å²) in [4.78, 5) is 10.2. The fourth-order valence-corrected chi connectivity index (χ4v) is 2.13. The van der Waals surface area contributed by atoms with Crippen molar-refractivity contribution in [2.45, 2.75) is 26.2 Å². The van der Waals surface area contributed by atoms with E-state index in [1.54, 1.807) is 0 Å². The normalized spacial score (nSPS) is 11.2. The molecule has 0 bridgehead atoms. The van der Waals surface area contributed by atoms with E-state index in [4.69, 9.17) is 0 Å². The van der Waals surface area contributed by atoms with Gasteiger partial charge in [0, 0.05) is 0 Å². The maximum absolute atomic E-state index is 11.3. The van der Waals surface area contributed by atoms with E-state index >= 15 is 0 Å². The van der Waals surface area contributed by atoms with Crippen molar-refractivity contribution in [3.05, 3.63) is 0 Å². The Hall–Kier alpha value is -0.780. The summed E-state index contributed by atoms with van der Waals surface area (Å²) in [6.45, 7) is 1.85. The molecule has 5 nitrogen and oxygen atoms in total. The minimum Gasteiger partial charge on any atom is -0.449 e. The Labute approximate surface area is 84.5 Å². The van der Waals surface area contributed by atoms with E-state index < -0.39 is 15.9 Å². The first-order chi connectivity index (χ1) is 6.48. The number of hydrogen-bond donors (Lipinski definition) is 1. The predicted molar refractivity (Wildman–Crippen MR) is 53.7 cm³/mol. The van der Waals surface area contributed by atoms with Gasteiger partial charge in [-0.3, -0.25) is 0 Å². The van der Waals surface area contributed by atoms with Crippen molar-refractivity contribution >= 4 is 15.9 Å². The molecule has 0 aliphatic rings. The van der Waals surface area contributed by atoms with Crippen LogP contribution >= 0.6 is 0 Å². The number of ether oxygens (including phenoxy) is 1. The zero-order valence-corrected chi connectivity index (χ0v) is 9.18. The first kappa shape index (κ1) is 13.2. The molecule has 84 valence electrons. The molecule has 0 heterocycles. The molecule has 0 aromatic carbocycles. The lowest BCUT2D eigenvalue weighted by atomic mass is 10.3. The summed E-state index contributed by atoms with van der Waals surface area (Å²) in [6.07, 6.45) is 1.60. The smallest absolute Gasteiger partial charge is 0.404 e. The number of carbonyl (C=O) groups is 1. The van der Waals surface area contributed by atoms with Crippen molar-refractivity contribution in [2.24, 2.45) is 5.73 Å². The third-order valence-corrected chi connectivity index (χ3v) is 3.40. The van der Waals surface area contributed by atoms with Gasteiger partial charge in [0.25, 0.3) is 0 Å². The van der Waals surface area contributed by atoms with Crippen LogP contribution in [0.3, 0.4) is 0 Å². The van der Waals surface area contributed by atoms with E-state index in [-0.39, 0.29) is 18.1 Å². The lowest BCUT2D eigenvalue weighted by Crippen LogP contribution is -2.20. The van der Waals surface area contributed by atoms with Crippen LogP contribution in [0.25, 0.3) is 0 Å². The van der Waals surface area contributed by atoms with Gasteiger partial charge in [-0.2, -0.15) is 0 Å². The SMILES string of the molecule is CCCCCS(=O)(=O)CCOC(N)=O. The molecule has 0 aromatic heterocycles. The van der Waals surface area contributed by atoms with Crippen molar-refractivity contribution in [1.82, 2.24) is 0 Å². The third-order valence-electron chi connectivity index (χ3n) is 1.70. The summed E-state index contributed by atoms with van der Waals surface area (Å²) < 4.78 is 26.9. The standard InChI is InChI=1S/C8H17NO4S/c1-2-3-4-6-14(11,12)7-5-13-8(9)10/h2-7H2,1H3,(H2,9,10). The quantitative estimate of drug-likeness (QED) is 0.643. The monoisotopic (exact) mass is 223 g/mol. The number of carbonyl (C=O) groups excluding carboxylic acids is 1. The number of unbranched alkanes of at least 4 members (excludes halogenated alkanes) is 2. The Morgan fingerprint density at radius 3 is 2.43 bits per heavy atom. The van der Waals surface area contributed by atoms with Gasteiger partial charge in [0.2, 0.25) is 0 Å². The molecule has 0 saturated carbocycles. The Bertz CT molecular complexity index is 261. The van der Waals surface area contributed by atoms with Gasteiger partial charge < -0.3 is 10.5 Å². The van der Waals surface area contributed by atoms with Crippen LogP contribution in [0.15, 0.2) is 0 Å². The van der Waals surface area contributed by atoms with Gasteiger partial charge in [0.05, 0.1) is 11.5 Å². The van der Waals surface area contributed by atoms with Crippen LogP contribution in [0.5, 0.6) is 0 Å². The van der Waals surface area contributed by atoms with E-state index in [1.165, 1.54) is 0 Å². The average Bonchev–Trinajstić information content (AvgIpc) is 2.03. The Morgan fingerprint density at radius 2 is 1.93 bits per heavy atom. The summed E-state index contributed by atoms with van der Waals surface area (Å²) in [5, 5.41) is 0. The van der Waals surface area contributed by atoms with Crippen LogP contribution < -0.4 is 5.73 Å². The topological polar surface area (TPSA) is 86.5 Å². The largest absolute Gasteiger partial charge is 0.449 e. The van der Waals surface area contributed by atoms with Crippen LogP contribution in [0.4, 0.5) is 4.79 Å². The highest BCUT2D eigenvalue weighted by Crippen LogP contribution is 2.00. The number of amides is 1. The molecule has 0 saturated heterocycles. The molecule has 0 atom stereocenters. The zero-order chi connectivity index (χ0) is 11.0. The van der Waals surface area contributed by atoms with E-state index in [0.717, 1.165) is 12.8 Å². The molecule has 0 aliphatic carbocycles. The highest BCUT2D eigenvalue weighted by atomic mass is 32.2. The van der Waals surface area contributed by atoms with E-state index in [1.807, 2.05) is 6.92 Å². The van der Waals surface area contributed by atoms with Gasteiger partial charge in [-0.25, -0.2) is 13.2 Å². The van der Waals surface area contributed by atoms with Crippen molar-refractivity contribution in [1.29, 1.82) is 0 Å². The molecule has 6 heteroatoms. The highest BCUT2D eigenvalue weighted by molar-refractivity contribution is 7.91. The number of sulfone groups is 1. The van der Waals surface area contributed by atoms with Crippen LogP contribution in [-0.2, 0) is 14.6 Å². The fraction of sp³-hybridized carbons (Fsp3) is 0.875. The summed E-state index contributed by atoms with van der Waals surface area (Å²) in [5.74, 6) is 0.0165. The predicted octanol–water partition coefficient (Wildman–Crippen LogP) is 0.687. The Balaban J connectivity index is 3.67. The molecule has 0 spiro atoms. The van der Waals surface area contributed by atoms with E-state index in [9.17, 15) is 13.2 Å². The van der Waals surface area contributed by atoms with E-state index in [0.29, 0.717) is 6.42 Å². The minimum absolute atomic E-state index is 0.139. The highest BCUT2D eigenvalue weighted by Gasteiger charge is 2.10. The van der Waals surface area contributed by atoms with Gasteiger partial charge in [-0.05, 0) is 6.42 Å². The second kappa shape index (κ2) is 6.64. The number of nitrogens with two attached hydrogens (primary N) is 1. The molecule has 0 aliphatic heterocycles. The lowest BCUT2D eigenvalue weighted by Gasteiger charge is -2.03. The first-order valence-electron chi connectivity index (χ1n) is 4.60. The van der Waals surface area contributed by atoms with Gasteiger partial charge in [-0.15, -0.1) is 0 Å². The fourth-order valence-electron chi connectivity index (χ4n) is 0.943. The molecule has 0 aromatic rings. The van der Waals surface area contributed by atoms with Gasteiger partial charge >= 0.3 is 6.09 Å². The van der Waals surface area contributed by atoms with Crippen molar-refractivity contribution in [2.75, 3.05) is 18.1 Å². The zero-order valence-electron chi connectivity index (χ0n) is 8.36. The maximum atomic E-state index is 11.3. The Kier molecular flexibility index (Phi) is 6.27. The molecule has 0 rings (SSSR count). The van der Waals surface area contributed by atoms with Crippen molar-refractivity contribution in [3.8, 4) is 0 Å². The number of primary amides is 1. The van der Waals surface area contributed by atoms with Crippen LogP contribution in [0, 0.1) is 0 Å². The van der Waals surface area contributed by atoms with Gasteiger partial charge in [0.1, 0.15) is 6.61 Å². The molecular weight excluding hydrogens is 206 g/mol. The van der Waals surface area contributed by atoms with Gasteiger partial charge in [-0.1, -0.05) is 19.8 Å². The van der Waals surface area contributed by atoms with Gasteiger partial charge in [0.15, 0.2) is 9.84 Å². The molecule has 0 unspecified atom stereocenters. The molecule has 2 N–H and O–H groups in total. The Morgan fingerprint density at radius 1 is 1.29 bits per heavy atom. The molecule has 14 heavy (non-hydrogen) atoms. The summed E-state index contributed by atoms with van der Waals surface area (Å²) >= 11 is 0. The summed E-state index contributed by atoms with van der Waals surface area (Å²) in [7, 11) is -3.08. The van der Waals surface area contributed by atoms with E-state index in [2.05, 4.69) is 10.5 Å². The van der Waals surface area contributed by atoms with Crippen LogP contribution in [0.1, 0.15) is 26.2 Å². The molecule has 0 radical (unpaired) electrons. The second-order valence-electron chi connectivity index (χ2n) is 3.03. The summed E-state index contributed by atoms with van der Waals surface area (Å²) in [6, 6.07) is 0. The molecule has 1 amide bonds. The second-order valence-corrected chi connectivity index (χ2v) is 5.33. The number of rotatable bonds is 7. The van der Waals surface area contributed by atoms with Crippen molar-refractivity contribution in [3.63, 3.8) is 0 Å². The van der Waals surface area contributed by atoms with Crippen LogP contribution in [0.2, 0.25) is 0 Å². The molecule has 0 fully saturated rings. The van der Waals surface area contributed by atoms with Crippen LogP contribution in [-0.4, -0.2) is 32.6 Å². The third kappa shape index (κ3) is 7.85. The maximum Gasteiger partial charge on any atom is 0.404 e. The lowest BCUT2D eigenvalue weighted by molar-refractivity contribution is 0.163.